The summed E-state index contributed by atoms with van der Waals surface area (Å²) in [6.45, 7) is 6.54. The van der Waals surface area contributed by atoms with Gasteiger partial charge in [-0.15, -0.1) is 11.3 Å². The Bertz CT molecular complexity index is 1710. The average Bonchev–Trinajstić information content (AvgIpc) is 3.45. The van der Waals surface area contributed by atoms with E-state index in [-0.39, 0.29) is 0 Å². The first-order chi connectivity index (χ1) is 21.1. The molecule has 0 unspecified atom stereocenters. The van der Waals surface area contributed by atoms with Gasteiger partial charge in [0, 0.05) is 35.8 Å². The summed E-state index contributed by atoms with van der Waals surface area (Å²) in [5, 5.41) is 6.96. The van der Waals surface area contributed by atoms with Crippen molar-refractivity contribution >= 4 is 28.9 Å². The Morgan fingerprint density at radius 1 is 0.837 bits per heavy atom. The van der Waals surface area contributed by atoms with Crippen LogP contribution in [0.15, 0.2) is 113 Å². The number of hydrogen-bond donors (Lipinski definition) is 0. The van der Waals surface area contributed by atoms with Gasteiger partial charge < -0.3 is 19.1 Å². The summed E-state index contributed by atoms with van der Waals surface area (Å²) in [6, 6.07) is 32.5. The standard InChI is InChI=1S/C35H36N4O3S/c1-5-38(24-27-10-8-7-9-11-27)29-16-12-26(13-17-29)23-36-39-33(32-21-20-31(40-3)22-34(32)41-4)25-43-35(39)37-28-14-18-30(19-15-28)42-6-2/h7-23,25H,5-6,24H2,1-4H3/b36-23+,37-35?. The molecular weight excluding hydrogens is 556 g/mol. The Labute approximate surface area is 257 Å². The summed E-state index contributed by atoms with van der Waals surface area (Å²) in [6.07, 6.45) is 1.86. The highest BCUT2D eigenvalue weighted by Crippen LogP contribution is 2.34. The number of anilines is 1. The van der Waals surface area contributed by atoms with Crippen LogP contribution in [0.4, 0.5) is 11.4 Å². The van der Waals surface area contributed by atoms with Crippen molar-refractivity contribution in [2.75, 3.05) is 32.3 Å². The highest BCUT2D eigenvalue weighted by Gasteiger charge is 2.14. The lowest BCUT2D eigenvalue weighted by molar-refractivity contribution is 0.340. The second-order valence-corrected chi connectivity index (χ2v) is 10.5. The van der Waals surface area contributed by atoms with Gasteiger partial charge in [0.1, 0.15) is 17.2 Å². The van der Waals surface area contributed by atoms with Crippen LogP contribution in [0.25, 0.3) is 11.3 Å². The molecule has 0 aliphatic heterocycles. The van der Waals surface area contributed by atoms with Crippen LogP contribution in [0.2, 0.25) is 0 Å². The number of thiazole rings is 1. The second-order valence-electron chi connectivity index (χ2n) is 9.66. The van der Waals surface area contributed by atoms with E-state index in [4.69, 9.17) is 24.3 Å². The quantitative estimate of drug-likeness (QED) is 0.139. The van der Waals surface area contributed by atoms with Gasteiger partial charge in [0.25, 0.3) is 0 Å². The molecule has 220 valence electrons. The van der Waals surface area contributed by atoms with E-state index in [0.717, 1.165) is 51.9 Å². The van der Waals surface area contributed by atoms with E-state index >= 15 is 0 Å². The Hall–Kier alpha value is -4.82. The minimum absolute atomic E-state index is 0.619. The van der Waals surface area contributed by atoms with Crippen molar-refractivity contribution in [3.8, 4) is 28.5 Å². The van der Waals surface area contributed by atoms with Crippen LogP contribution >= 0.6 is 11.3 Å². The molecule has 0 aliphatic rings. The third-order valence-corrected chi connectivity index (χ3v) is 7.74. The molecule has 0 amide bonds. The highest BCUT2D eigenvalue weighted by atomic mass is 32.1. The SMILES string of the molecule is CCOc1ccc(N=c2scc(-c3ccc(OC)cc3OC)n2/N=C/c2ccc(N(CC)Cc3ccccc3)cc2)cc1. The maximum Gasteiger partial charge on any atom is 0.211 e. The van der Waals surface area contributed by atoms with Crippen molar-refractivity contribution < 1.29 is 14.2 Å². The van der Waals surface area contributed by atoms with Crippen LogP contribution in [0.1, 0.15) is 25.0 Å². The molecule has 5 aromatic rings. The Balaban J connectivity index is 1.49. The van der Waals surface area contributed by atoms with Crippen molar-refractivity contribution in [2.45, 2.75) is 20.4 Å². The number of aromatic nitrogens is 1. The molecule has 0 saturated heterocycles. The number of benzene rings is 4. The van der Waals surface area contributed by atoms with Crippen molar-refractivity contribution in [1.82, 2.24) is 4.68 Å². The van der Waals surface area contributed by atoms with Gasteiger partial charge in [-0.05, 0) is 73.5 Å². The van der Waals surface area contributed by atoms with Crippen LogP contribution < -0.4 is 23.9 Å². The Morgan fingerprint density at radius 3 is 2.26 bits per heavy atom. The molecule has 0 radical (unpaired) electrons. The molecule has 5 rings (SSSR count). The van der Waals surface area contributed by atoms with Crippen molar-refractivity contribution in [3.63, 3.8) is 0 Å². The minimum Gasteiger partial charge on any atom is -0.497 e. The number of rotatable bonds is 12. The number of ether oxygens (including phenoxy) is 3. The molecule has 7 nitrogen and oxygen atoms in total. The summed E-state index contributed by atoms with van der Waals surface area (Å²) in [5.74, 6) is 2.23. The maximum absolute atomic E-state index is 5.72. The monoisotopic (exact) mass is 592 g/mol. The first kappa shape index (κ1) is 29.7. The molecule has 0 atom stereocenters. The van der Waals surface area contributed by atoms with Gasteiger partial charge in [-0.1, -0.05) is 42.5 Å². The third-order valence-electron chi connectivity index (χ3n) is 6.92. The fourth-order valence-corrected chi connectivity index (χ4v) is 5.51. The van der Waals surface area contributed by atoms with Crippen LogP contribution in [-0.2, 0) is 6.54 Å². The largest absolute Gasteiger partial charge is 0.497 e. The molecule has 1 aromatic heterocycles. The maximum atomic E-state index is 5.72. The summed E-state index contributed by atoms with van der Waals surface area (Å²) in [7, 11) is 3.30. The zero-order valence-electron chi connectivity index (χ0n) is 24.9. The van der Waals surface area contributed by atoms with Gasteiger partial charge >= 0.3 is 0 Å². The molecule has 0 bridgehead atoms. The number of methoxy groups -OCH3 is 2. The van der Waals surface area contributed by atoms with Crippen LogP contribution in [0.5, 0.6) is 17.2 Å². The van der Waals surface area contributed by atoms with E-state index in [0.29, 0.717) is 12.4 Å². The van der Waals surface area contributed by atoms with Crippen LogP contribution in [0, 0.1) is 0 Å². The highest BCUT2D eigenvalue weighted by molar-refractivity contribution is 7.07. The number of nitrogens with zero attached hydrogens (tertiary/aromatic N) is 4. The average molecular weight is 593 g/mol. The topological polar surface area (TPSA) is 60.6 Å². The summed E-state index contributed by atoms with van der Waals surface area (Å²) < 4.78 is 18.6. The summed E-state index contributed by atoms with van der Waals surface area (Å²) in [5.41, 5.74) is 6.00. The summed E-state index contributed by atoms with van der Waals surface area (Å²) >= 11 is 1.51. The minimum atomic E-state index is 0.619. The van der Waals surface area contributed by atoms with E-state index in [9.17, 15) is 0 Å². The zero-order chi connectivity index (χ0) is 30.0. The normalized spacial score (nSPS) is 11.6. The van der Waals surface area contributed by atoms with Crippen molar-refractivity contribution in [3.05, 3.63) is 118 Å². The molecule has 43 heavy (non-hydrogen) atoms. The predicted molar refractivity (Wildman–Crippen MR) is 176 cm³/mol. The third kappa shape index (κ3) is 7.34. The molecule has 4 aromatic carbocycles. The summed E-state index contributed by atoms with van der Waals surface area (Å²) in [4.78, 5) is 8.00. The first-order valence-electron chi connectivity index (χ1n) is 14.3. The molecule has 1 heterocycles. The lowest BCUT2D eigenvalue weighted by Gasteiger charge is -2.23. The zero-order valence-corrected chi connectivity index (χ0v) is 25.8. The second kappa shape index (κ2) is 14.4. The fraction of sp³-hybridized carbons (Fsp3) is 0.200. The van der Waals surface area contributed by atoms with Gasteiger partial charge in [-0.2, -0.15) is 5.10 Å². The van der Waals surface area contributed by atoms with Gasteiger partial charge in [-0.25, -0.2) is 9.67 Å². The van der Waals surface area contributed by atoms with Gasteiger partial charge in [0.05, 0.1) is 38.4 Å². The van der Waals surface area contributed by atoms with Crippen LogP contribution in [-0.4, -0.2) is 38.3 Å². The predicted octanol–water partition coefficient (Wildman–Crippen LogP) is 7.77. The van der Waals surface area contributed by atoms with Crippen molar-refractivity contribution in [2.24, 2.45) is 10.1 Å². The van der Waals surface area contributed by atoms with Gasteiger partial charge in [0.2, 0.25) is 4.80 Å². The van der Waals surface area contributed by atoms with E-state index in [2.05, 4.69) is 60.4 Å². The lowest BCUT2D eigenvalue weighted by atomic mass is 10.1. The molecule has 0 saturated carbocycles. The molecular formula is C35H36N4O3S. The smallest absolute Gasteiger partial charge is 0.211 e. The number of hydrogen-bond acceptors (Lipinski definition) is 7. The van der Waals surface area contributed by atoms with Crippen LogP contribution in [0.3, 0.4) is 0 Å². The van der Waals surface area contributed by atoms with Crippen molar-refractivity contribution in [1.29, 1.82) is 0 Å². The van der Waals surface area contributed by atoms with E-state index in [1.54, 1.807) is 14.2 Å². The van der Waals surface area contributed by atoms with E-state index < -0.39 is 0 Å². The fourth-order valence-electron chi connectivity index (χ4n) is 4.66. The Kier molecular flexibility index (Phi) is 9.92. The van der Waals surface area contributed by atoms with Gasteiger partial charge in [0.15, 0.2) is 0 Å². The molecule has 0 spiro atoms. The molecule has 0 aliphatic carbocycles. The first-order valence-corrected chi connectivity index (χ1v) is 15.1. The molecule has 0 N–H and O–H groups in total. The van der Waals surface area contributed by atoms with Gasteiger partial charge in [-0.3, -0.25) is 0 Å². The Morgan fingerprint density at radius 2 is 1.58 bits per heavy atom. The lowest BCUT2D eigenvalue weighted by Crippen LogP contribution is -2.21. The molecule has 0 fully saturated rings. The van der Waals surface area contributed by atoms with E-state index in [1.165, 1.54) is 22.6 Å². The van der Waals surface area contributed by atoms with E-state index in [1.807, 2.05) is 71.7 Å². The molecule has 8 heteroatoms.